The zero-order valence-corrected chi connectivity index (χ0v) is 12.3. The van der Waals surface area contributed by atoms with E-state index in [4.69, 9.17) is 23.2 Å². The molecule has 5 heteroatoms. The minimum absolute atomic E-state index is 0.0634. The van der Waals surface area contributed by atoms with E-state index in [1.54, 1.807) is 18.2 Å². The summed E-state index contributed by atoms with van der Waals surface area (Å²) in [4.78, 5) is 0. The summed E-state index contributed by atoms with van der Waals surface area (Å²) in [5.74, 6) is -0.373. The molecule has 2 aromatic rings. The normalized spacial score (nSPS) is 12.2. The highest BCUT2D eigenvalue weighted by Gasteiger charge is 2.09. The van der Waals surface area contributed by atoms with Crippen LogP contribution >= 0.6 is 23.2 Å². The summed E-state index contributed by atoms with van der Waals surface area (Å²) in [5, 5.41) is 13.1. The van der Waals surface area contributed by atoms with Crippen molar-refractivity contribution >= 4 is 28.9 Å². The van der Waals surface area contributed by atoms with E-state index in [9.17, 15) is 9.50 Å². The SMILES string of the molecule is CC(Cc1cccc(F)c1)Nc1cc(Cl)c(O)c(Cl)c1. The van der Waals surface area contributed by atoms with Crippen molar-refractivity contribution in [3.8, 4) is 5.75 Å². The molecule has 0 aliphatic heterocycles. The van der Waals surface area contributed by atoms with E-state index >= 15 is 0 Å². The number of phenols is 1. The number of phenolic OH excluding ortho intramolecular Hbond substituents is 1. The zero-order chi connectivity index (χ0) is 14.7. The third kappa shape index (κ3) is 3.78. The van der Waals surface area contributed by atoms with Crippen molar-refractivity contribution in [2.24, 2.45) is 0 Å². The quantitative estimate of drug-likeness (QED) is 0.788. The van der Waals surface area contributed by atoms with Gasteiger partial charge in [-0.3, -0.25) is 0 Å². The second-order valence-corrected chi connectivity index (χ2v) is 5.48. The van der Waals surface area contributed by atoms with E-state index in [0.717, 1.165) is 5.56 Å². The van der Waals surface area contributed by atoms with Gasteiger partial charge >= 0.3 is 0 Å². The summed E-state index contributed by atoms with van der Waals surface area (Å²) in [6.07, 6.45) is 0.661. The van der Waals surface area contributed by atoms with Gasteiger partial charge in [0.25, 0.3) is 0 Å². The van der Waals surface area contributed by atoms with E-state index in [0.29, 0.717) is 12.1 Å². The molecule has 0 aliphatic rings. The Balaban J connectivity index is 2.06. The molecule has 0 aliphatic carbocycles. The number of nitrogens with one attached hydrogen (secondary N) is 1. The van der Waals surface area contributed by atoms with Crippen LogP contribution < -0.4 is 5.32 Å². The van der Waals surface area contributed by atoms with Gasteiger partial charge in [-0.2, -0.15) is 0 Å². The van der Waals surface area contributed by atoms with Crippen LogP contribution in [-0.2, 0) is 6.42 Å². The summed E-state index contributed by atoms with van der Waals surface area (Å²) < 4.78 is 13.1. The van der Waals surface area contributed by atoms with E-state index in [-0.39, 0.29) is 27.7 Å². The number of benzene rings is 2. The molecular formula is C15H14Cl2FNO. The first-order valence-corrected chi connectivity index (χ1v) is 6.90. The van der Waals surface area contributed by atoms with E-state index in [1.807, 2.05) is 13.0 Å². The summed E-state index contributed by atoms with van der Waals surface area (Å²) >= 11 is 11.7. The summed E-state index contributed by atoms with van der Waals surface area (Å²) in [7, 11) is 0. The van der Waals surface area contributed by atoms with Gasteiger partial charge in [0.1, 0.15) is 5.82 Å². The lowest BCUT2D eigenvalue weighted by Crippen LogP contribution is -2.18. The van der Waals surface area contributed by atoms with Gasteiger partial charge in [0.05, 0.1) is 10.0 Å². The molecule has 0 spiro atoms. The highest BCUT2D eigenvalue weighted by atomic mass is 35.5. The van der Waals surface area contributed by atoms with Crippen LogP contribution in [0, 0.1) is 5.82 Å². The highest BCUT2D eigenvalue weighted by molar-refractivity contribution is 6.37. The Morgan fingerprint density at radius 1 is 1.20 bits per heavy atom. The van der Waals surface area contributed by atoms with Gasteiger partial charge in [-0.15, -0.1) is 0 Å². The molecule has 2 N–H and O–H groups in total. The number of anilines is 1. The second-order valence-electron chi connectivity index (χ2n) is 4.67. The van der Waals surface area contributed by atoms with E-state index < -0.39 is 0 Å². The van der Waals surface area contributed by atoms with Crippen LogP contribution in [0.3, 0.4) is 0 Å². The van der Waals surface area contributed by atoms with Gasteiger partial charge in [-0.25, -0.2) is 4.39 Å². The lowest BCUT2D eigenvalue weighted by molar-refractivity contribution is 0.476. The van der Waals surface area contributed by atoms with Crippen LogP contribution in [0.2, 0.25) is 10.0 Å². The van der Waals surface area contributed by atoms with Crippen LogP contribution in [0.15, 0.2) is 36.4 Å². The minimum atomic E-state index is -0.245. The Morgan fingerprint density at radius 3 is 2.45 bits per heavy atom. The first-order valence-electron chi connectivity index (χ1n) is 6.14. The average molecular weight is 314 g/mol. The van der Waals surface area contributed by atoms with Crippen molar-refractivity contribution in [1.82, 2.24) is 0 Å². The molecule has 2 rings (SSSR count). The van der Waals surface area contributed by atoms with E-state index in [1.165, 1.54) is 12.1 Å². The molecule has 106 valence electrons. The number of rotatable bonds is 4. The second kappa shape index (κ2) is 6.33. The Kier molecular flexibility index (Phi) is 4.73. The standard InChI is InChI=1S/C15H14Cl2FNO/c1-9(5-10-3-2-4-11(18)6-10)19-12-7-13(16)15(20)14(17)8-12/h2-4,6-9,19-20H,5H2,1H3. The maximum atomic E-state index is 13.1. The molecule has 2 nitrogen and oxygen atoms in total. The van der Waals surface area contributed by atoms with Gasteiger partial charge in [-0.1, -0.05) is 35.3 Å². The van der Waals surface area contributed by atoms with Crippen LogP contribution in [0.4, 0.5) is 10.1 Å². The largest absolute Gasteiger partial charge is 0.505 e. The van der Waals surface area contributed by atoms with Crippen molar-refractivity contribution in [3.05, 3.63) is 57.8 Å². The smallest absolute Gasteiger partial charge is 0.152 e. The van der Waals surface area contributed by atoms with E-state index in [2.05, 4.69) is 5.32 Å². The lowest BCUT2D eigenvalue weighted by atomic mass is 10.1. The summed E-state index contributed by atoms with van der Waals surface area (Å²) in [6, 6.07) is 9.75. The monoisotopic (exact) mass is 313 g/mol. The molecule has 0 heterocycles. The third-order valence-corrected chi connectivity index (χ3v) is 3.44. The third-order valence-electron chi connectivity index (χ3n) is 2.86. The fourth-order valence-corrected chi connectivity index (χ4v) is 2.49. The molecule has 0 radical (unpaired) electrons. The predicted octanol–water partition coefficient (Wildman–Crippen LogP) is 4.88. The molecule has 0 saturated carbocycles. The molecule has 0 amide bonds. The molecule has 0 fully saturated rings. The zero-order valence-electron chi connectivity index (χ0n) is 10.8. The number of hydrogen-bond acceptors (Lipinski definition) is 2. The average Bonchev–Trinajstić information content (AvgIpc) is 2.35. The topological polar surface area (TPSA) is 32.3 Å². The Labute approximate surface area is 127 Å². The summed E-state index contributed by atoms with van der Waals surface area (Å²) in [5.41, 5.74) is 1.61. The lowest BCUT2D eigenvalue weighted by Gasteiger charge is -2.16. The minimum Gasteiger partial charge on any atom is -0.505 e. The van der Waals surface area contributed by atoms with Gasteiger partial charge in [0.15, 0.2) is 5.75 Å². The van der Waals surface area contributed by atoms with Gasteiger partial charge in [0, 0.05) is 11.7 Å². The molecule has 0 bridgehead atoms. The van der Waals surface area contributed by atoms with Gasteiger partial charge < -0.3 is 10.4 Å². The number of halogens is 3. The molecular weight excluding hydrogens is 300 g/mol. The molecule has 2 aromatic carbocycles. The molecule has 0 saturated heterocycles. The van der Waals surface area contributed by atoms with Crippen molar-refractivity contribution < 1.29 is 9.50 Å². The maximum absolute atomic E-state index is 13.1. The summed E-state index contributed by atoms with van der Waals surface area (Å²) in [6.45, 7) is 1.97. The number of aromatic hydroxyl groups is 1. The fourth-order valence-electron chi connectivity index (χ4n) is 2.00. The van der Waals surface area contributed by atoms with Gasteiger partial charge in [-0.05, 0) is 43.2 Å². The van der Waals surface area contributed by atoms with Crippen molar-refractivity contribution in [2.45, 2.75) is 19.4 Å². The molecule has 20 heavy (non-hydrogen) atoms. The highest BCUT2D eigenvalue weighted by Crippen LogP contribution is 2.34. The van der Waals surface area contributed by atoms with Gasteiger partial charge in [0.2, 0.25) is 0 Å². The van der Waals surface area contributed by atoms with Crippen molar-refractivity contribution in [3.63, 3.8) is 0 Å². The van der Waals surface area contributed by atoms with Crippen LogP contribution in [0.1, 0.15) is 12.5 Å². The maximum Gasteiger partial charge on any atom is 0.152 e. The first-order chi connectivity index (χ1) is 9.45. The Morgan fingerprint density at radius 2 is 1.85 bits per heavy atom. The van der Waals surface area contributed by atoms with Crippen LogP contribution in [0.25, 0.3) is 0 Å². The molecule has 0 aromatic heterocycles. The first kappa shape index (κ1) is 14.9. The molecule has 1 atom stereocenters. The Hall–Kier alpha value is -1.45. The predicted molar refractivity (Wildman–Crippen MR) is 81.3 cm³/mol. The number of hydrogen-bond donors (Lipinski definition) is 2. The Bertz CT molecular complexity index is 596. The fraction of sp³-hybridized carbons (Fsp3) is 0.200. The van der Waals surface area contributed by atoms with Crippen molar-refractivity contribution in [1.29, 1.82) is 0 Å². The molecule has 1 unspecified atom stereocenters. The van der Waals surface area contributed by atoms with Crippen molar-refractivity contribution in [2.75, 3.05) is 5.32 Å². The van der Waals surface area contributed by atoms with Crippen LogP contribution in [-0.4, -0.2) is 11.1 Å². The van der Waals surface area contributed by atoms with Crippen LogP contribution in [0.5, 0.6) is 5.75 Å².